The highest BCUT2D eigenvalue weighted by atomic mass is 16.5. The highest BCUT2D eigenvalue weighted by Crippen LogP contribution is 2.45. The fourth-order valence-corrected chi connectivity index (χ4v) is 7.53. The third kappa shape index (κ3) is 7.82. The van der Waals surface area contributed by atoms with E-state index in [9.17, 15) is 0 Å². The van der Waals surface area contributed by atoms with Gasteiger partial charge < -0.3 is 18.9 Å². The molecule has 2 atom stereocenters. The molecule has 2 aliphatic heterocycles. The Hall–Kier alpha value is -6.54. The van der Waals surface area contributed by atoms with Crippen molar-refractivity contribution in [1.29, 1.82) is 0 Å². The Kier molecular flexibility index (Phi) is 11.2. The van der Waals surface area contributed by atoms with Gasteiger partial charge in [-0.25, -0.2) is 0 Å². The van der Waals surface area contributed by atoms with Crippen molar-refractivity contribution >= 4 is 22.8 Å². The Bertz CT molecular complexity index is 2100. The second kappa shape index (κ2) is 17.3. The van der Waals surface area contributed by atoms with Gasteiger partial charge in [0.1, 0.15) is 0 Å². The van der Waals surface area contributed by atoms with Crippen LogP contribution in [0.15, 0.2) is 168 Å². The zero-order chi connectivity index (χ0) is 38.1. The van der Waals surface area contributed by atoms with Crippen LogP contribution in [-0.2, 0) is 0 Å². The normalized spacial score (nSPS) is 16.3. The molecule has 6 aromatic carbocycles. The van der Waals surface area contributed by atoms with Gasteiger partial charge in [-0.05, 0) is 60.4 Å². The van der Waals surface area contributed by atoms with E-state index in [1.807, 2.05) is 72.8 Å². The second-order valence-electron chi connectivity index (χ2n) is 13.8. The first-order chi connectivity index (χ1) is 27.7. The van der Waals surface area contributed by atoms with Crippen molar-refractivity contribution in [3.8, 4) is 23.0 Å². The Morgan fingerprint density at radius 1 is 0.464 bits per heavy atom. The van der Waals surface area contributed by atoms with Gasteiger partial charge in [0, 0.05) is 24.0 Å². The van der Waals surface area contributed by atoms with Crippen LogP contribution in [0.1, 0.15) is 60.0 Å². The minimum atomic E-state index is -0.0672. The van der Waals surface area contributed by atoms with Gasteiger partial charge >= 0.3 is 0 Å². The molecule has 2 heterocycles. The molecule has 0 N–H and O–H groups in total. The summed E-state index contributed by atoms with van der Waals surface area (Å²) >= 11 is 0. The quantitative estimate of drug-likeness (QED) is 0.0976. The molecule has 2 unspecified atom stereocenters. The van der Waals surface area contributed by atoms with Crippen molar-refractivity contribution in [3.63, 3.8) is 0 Å². The lowest BCUT2D eigenvalue weighted by Gasteiger charge is -2.27. The van der Waals surface area contributed by atoms with Crippen LogP contribution in [0.4, 0.5) is 11.4 Å². The van der Waals surface area contributed by atoms with Crippen LogP contribution in [0.25, 0.3) is 0 Å². The van der Waals surface area contributed by atoms with Crippen molar-refractivity contribution in [1.82, 2.24) is 0 Å². The molecular weight excluding hydrogens is 697 g/mol. The summed E-state index contributed by atoms with van der Waals surface area (Å²) in [6.45, 7) is 0.997. The molecule has 0 saturated heterocycles. The number of benzene rings is 6. The summed E-state index contributed by atoms with van der Waals surface area (Å²) < 4.78 is 25.0. The van der Waals surface area contributed by atoms with E-state index in [0.717, 1.165) is 82.2 Å². The van der Waals surface area contributed by atoms with Crippen LogP contribution in [0.3, 0.4) is 0 Å². The molecule has 0 aromatic heterocycles. The molecule has 0 amide bonds. The van der Waals surface area contributed by atoms with Crippen LogP contribution in [0, 0.1) is 0 Å². The van der Waals surface area contributed by atoms with Gasteiger partial charge in [-0.2, -0.15) is 10.2 Å². The summed E-state index contributed by atoms with van der Waals surface area (Å²) in [5, 5.41) is 14.5. The number of ether oxygens (including phenoxy) is 4. The molecule has 0 radical (unpaired) electrons. The van der Waals surface area contributed by atoms with Crippen LogP contribution in [0.5, 0.6) is 23.0 Å². The van der Waals surface area contributed by atoms with E-state index in [-0.39, 0.29) is 12.1 Å². The van der Waals surface area contributed by atoms with E-state index in [2.05, 4.69) is 94.9 Å². The highest BCUT2D eigenvalue weighted by Gasteiger charge is 2.34. The van der Waals surface area contributed by atoms with Crippen molar-refractivity contribution in [2.24, 2.45) is 10.2 Å². The molecule has 282 valence electrons. The minimum Gasteiger partial charge on any atom is -0.493 e. The van der Waals surface area contributed by atoms with Crippen LogP contribution in [-0.4, -0.2) is 38.9 Å². The van der Waals surface area contributed by atoms with E-state index >= 15 is 0 Å². The number of nitrogens with zero attached hydrogens (tertiary/aromatic N) is 4. The van der Waals surface area contributed by atoms with E-state index in [4.69, 9.17) is 29.2 Å². The molecule has 2 aliphatic rings. The Balaban J connectivity index is 0.969. The zero-order valence-corrected chi connectivity index (χ0v) is 31.8. The van der Waals surface area contributed by atoms with Gasteiger partial charge in [0.25, 0.3) is 0 Å². The lowest BCUT2D eigenvalue weighted by atomic mass is 9.97. The first-order valence-corrected chi connectivity index (χ1v) is 19.3. The third-order valence-corrected chi connectivity index (χ3v) is 10.3. The summed E-state index contributed by atoms with van der Waals surface area (Å²) in [4.78, 5) is 0. The number of unbranched alkanes of at least 4 members (excludes halogenated alkanes) is 1. The van der Waals surface area contributed by atoms with Crippen molar-refractivity contribution in [2.45, 2.75) is 37.8 Å². The number of hydrazone groups is 2. The van der Waals surface area contributed by atoms with Crippen LogP contribution in [0.2, 0.25) is 0 Å². The van der Waals surface area contributed by atoms with E-state index in [0.29, 0.717) is 24.7 Å². The number of hydrogen-bond donors (Lipinski definition) is 0. The van der Waals surface area contributed by atoms with Crippen molar-refractivity contribution < 1.29 is 18.9 Å². The molecule has 0 fully saturated rings. The zero-order valence-electron chi connectivity index (χ0n) is 31.8. The smallest absolute Gasteiger partial charge is 0.166 e. The van der Waals surface area contributed by atoms with Gasteiger partial charge in [-0.15, -0.1) is 0 Å². The summed E-state index contributed by atoms with van der Waals surface area (Å²) in [5.41, 5.74) is 8.43. The average molecular weight is 743 g/mol. The number of para-hydroxylation sites is 4. The highest BCUT2D eigenvalue weighted by molar-refractivity contribution is 6.04. The van der Waals surface area contributed by atoms with Crippen molar-refractivity contribution in [3.05, 3.63) is 180 Å². The number of methoxy groups -OCH3 is 2. The van der Waals surface area contributed by atoms with Gasteiger partial charge in [-0.1, -0.05) is 121 Å². The van der Waals surface area contributed by atoms with Crippen LogP contribution < -0.4 is 29.0 Å². The summed E-state index contributed by atoms with van der Waals surface area (Å²) in [6.07, 6.45) is 3.03. The molecule has 0 bridgehead atoms. The van der Waals surface area contributed by atoms with Gasteiger partial charge in [0.15, 0.2) is 23.0 Å². The minimum absolute atomic E-state index is 0.0672. The maximum Gasteiger partial charge on any atom is 0.166 e. The first-order valence-electron chi connectivity index (χ1n) is 19.3. The molecule has 6 aromatic rings. The Labute approximate surface area is 329 Å². The van der Waals surface area contributed by atoms with E-state index in [1.54, 1.807) is 14.2 Å². The van der Waals surface area contributed by atoms with Gasteiger partial charge in [0.05, 0.1) is 62.3 Å². The van der Waals surface area contributed by atoms with Gasteiger partial charge in [0.2, 0.25) is 0 Å². The second-order valence-corrected chi connectivity index (χ2v) is 13.8. The molecule has 56 heavy (non-hydrogen) atoms. The molecule has 8 heteroatoms. The molecule has 0 aliphatic carbocycles. The molecule has 8 nitrogen and oxygen atoms in total. The lowest BCUT2D eigenvalue weighted by molar-refractivity contribution is 0.248. The first kappa shape index (κ1) is 36.4. The molecule has 0 spiro atoms. The molecule has 8 rings (SSSR count). The number of anilines is 2. The van der Waals surface area contributed by atoms with E-state index in [1.165, 1.54) is 0 Å². The maximum absolute atomic E-state index is 6.61. The summed E-state index contributed by atoms with van der Waals surface area (Å²) in [5.74, 6) is 2.90. The average Bonchev–Trinajstić information content (AvgIpc) is 3.92. The maximum atomic E-state index is 6.61. The Morgan fingerprint density at radius 2 is 0.839 bits per heavy atom. The predicted octanol–water partition coefficient (Wildman–Crippen LogP) is 10.7. The monoisotopic (exact) mass is 742 g/mol. The molecular formula is C48H46N4O4. The molecule has 0 saturated carbocycles. The standard InChI is InChI=1S/C48H46N4O4/c1-53-45-29-17-27-39(43-33-41(35-19-7-3-8-20-35)49-51(43)37-23-11-5-12-24-37)47(45)55-31-15-16-32-56-48-40(28-18-30-46(48)54-2)44-34-42(36-21-9-4-10-22-36)50-52(44)38-25-13-6-14-26-38/h3-14,17-30,43-44H,15-16,31-34H2,1-2H3. The lowest BCUT2D eigenvalue weighted by Crippen LogP contribution is -2.20. The van der Waals surface area contributed by atoms with Gasteiger partial charge in [-0.3, -0.25) is 10.0 Å². The number of rotatable bonds is 15. The predicted molar refractivity (Wildman–Crippen MR) is 225 cm³/mol. The van der Waals surface area contributed by atoms with E-state index < -0.39 is 0 Å². The van der Waals surface area contributed by atoms with Crippen LogP contribution >= 0.6 is 0 Å². The number of hydrogen-bond acceptors (Lipinski definition) is 8. The topological polar surface area (TPSA) is 68.1 Å². The largest absolute Gasteiger partial charge is 0.493 e. The summed E-state index contributed by atoms with van der Waals surface area (Å²) in [7, 11) is 3.38. The fraction of sp³-hybridized carbons (Fsp3) is 0.208. The third-order valence-electron chi connectivity index (χ3n) is 10.3. The SMILES string of the molecule is COc1cccc(C2CC(c3ccccc3)=NN2c2ccccc2)c1OCCCCOc1c(OC)cccc1C1CC(c2ccccc2)=NN1c1ccccc1. The van der Waals surface area contributed by atoms with Crippen molar-refractivity contribution in [2.75, 3.05) is 37.5 Å². The fourth-order valence-electron chi connectivity index (χ4n) is 7.53. The summed E-state index contributed by atoms with van der Waals surface area (Å²) in [6, 6.07) is 53.5. The Morgan fingerprint density at radius 3 is 1.21 bits per heavy atom.